The van der Waals surface area contributed by atoms with E-state index in [1.54, 1.807) is 31.0 Å². The standard InChI is InChI=1S/C45H43N5O5S/c1-27-13-35-37(46-22-33-17-30-9-5-7-11-39(30)49(33)44(35)51)20-41(27)54-24-28-14-29(16-32(15-28)48(2)26-56-4)25-55-43-21-38-36(19-42(43)53-3)45(52)50-34(23-47-38)18-31-10-6-8-12-40(31)50/h5-16,19-21,23,33-34,46H,17-18,22,24-26H2,1-4H3/t33-,34-/m0/s1. The highest BCUT2D eigenvalue weighted by atomic mass is 32.2. The Morgan fingerprint density at radius 3 is 2.21 bits per heavy atom. The molecule has 0 unspecified atom stereocenters. The molecule has 0 saturated carbocycles. The quantitative estimate of drug-likeness (QED) is 0.142. The first-order chi connectivity index (χ1) is 27.3. The van der Waals surface area contributed by atoms with Crippen LogP contribution in [0.1, 0.15) is 48.5 Å². The van der Waals surface area contributed by atoms with E-state index in [1.165, 1.54) is 5.56 Å². The SMILES string of the molecule is COc1cc2c(cc1OCc1cc(COc3cc4c(cc3C)C(=O)N3c5ccccc5C[C@H]3CN4)cc(N(C)CSC)c1)N=C[C@@H]1Cc3ccccc3N1C2=O. The van der Waals surface area contributed by atoms with Gasteiger partial charge in [-0.25, -0.2) is 0 Å². The number of rotatable bonds is 10. The van der Waals surface area contributed by atoms with Gasteiger partial charge in [-0.1, -0.05) is 36.4 Å². The van der Waals surface area contributed by atoms with Crippen LogP contribution < -0.4 is 34.2 Å². The summed E-state index contributed by atoms with van der Waals surface area (Å²) in [4.78, 5) is 38.6. The number of hydrogen-bond donors (Lipinski definition) is 1. The van der Waals surface area contributed by atoms with E-state index in [0.717, 1.165) is 69.5 Å². The molecular weight excluding hydrogens is 723 g/mol. The predicted octanol–water partition coefficient (Wildman–Crippen LogP) is 8.20. The fourth-order valence-electron chi connectivity index (χ4n) is 8.33. The van der Waals surface area contributed by atoms with Crippen molar-refractivity contribution in [2.45, 2.75) is 45.1 Å². The second-order valence-electron chi connectivity index (χ2n) is 14.8. The zero-order valence-corrected chi connectivity index (χ0v) is 32.7. The van der Waals surface area contributed by atoms with E-state index in [-0.39, 0.29) is 30.5 Å². The van der Waals surface area contributed by atoms with Gasteiger partial charge in [-0.05, 0) is 89.9 Å². The number of carbonyl (C=O) groups is 2. The van der Waals surface area contributed by atoms with E-state index in [1.807, 2.05) is 71.5 Å². The number of aliphatic imine (C=N–C) groups is 1. The Morgan fingerprint density at radius 1 is 0.804 bits per heavy atom. The maximum atomic E-state index is 13.9. The molecule has 0 radical (unpaired) electrons. The van der Waals surface area contributed by atoms with Crippen molar-refractivity contribution in [2.24, 2.45) is 4.99 Å². The summed E-state index contributed by atoms with van der Waals surface area (Å²) in [5, 5.41) is 3.55. The number of amides is 2. The predicted molar refractivity (Wildman–Crippen MR) is 224 cm³/mol. The van der Waals surface area contributed by atoms with Gasteiger partial charge >= 0.3 is 0 Å². The van der Waals surface area contributed by atoms with Crippen molar-refractivity contribution in [1.82, 2.24) is 0 Å². The van der Waals surface area contributed by atoms with Crippen LogP contribution in [-0.4, -0.2) is 62.9 Å². The van der Waals surface area contributed by atoms with Crippen LogP contribution in [0.4, 0.5) is 28.4 Å². The van der Waals surface area contributed by atoms with Crippen LogP contribution in [-0.2, 0) is 26.1 Å². The van der Waals surface area contributed by atoms with Gasteiger partial charge < -0.3 is 29.3 Å². The average Bonchev–Trinajstić information content (AvgIpc) is 3.70. The third-order valence-corrected chi connectivity index (χ3v) is 11.7. The summed E-state index contributed by atoms with van der Waals surface area (Å²) in [6.45, 7) is 3.23. The van der Waals surface area contributed by atoms with E-state index in [2.05, 4.69) is 53.9 Å². The summed E-state index contributed by atoms with van der Waals surface area (Å²) in [5.41, 5.74) is 10.6. The summed E-state index contributed by atoms with van der Waals surface area (Å²) in [7, 11) is 3.65. The van der Waals surface area contributed by atoms with Crippen LogP contribution in [0.15, 0.2) is 96.0 Å². The molecule has 4 aliphatic heterocycles. The van der Waals surface area contributed by atoms with Crippen LogP contribution in [0.2, 0.25) is 0 Å². The highest BCUT2D eigenvalue weighted by Crippen LogP contribution is 2.42. The maximum Gasteiger partial charge on any atom is 0.261 e. The molecule has 0 aromatic heterocycles. The number of hydrogen-bond acceptors (Lipinski definition) is 9. The number of ether oxygens (including phenoxy) is 3. The summed E-state index contributed by atoms with van der Waals surface area (Å²) < 4.78 is 18.7. The van der Waals surface area contributed by atoms with Crippen molar-refractivity contribution < 1.29 is 23.8 Å². The number of carbonyl (C=O) groups excluding carboxylic acids is 2. The first-order valence-corrected chi connectivity index (χ1v) is 20.2. The fraction of sp³-hybridized carbons (Fsp3) is 0.267. The molecule has 4 heterocycles. The van der Waals surface area contributed by atoms with Gasteiger partial charge in [-0.15, -0.1) is 11.8 Å². The highest BCUT2D eigenvalue weighted by molar-refractivity contribution is 7.98. The first kappa shape index (κ1) is 35.7. The molecule has 0 bridgehead atoms. The lowest BCUT2D eigenvalue weighted by Gasteiger charge is -2.23. The molecule has 1 N–H and O–H groups in total. The number of benzene rings is 5. The molecule has 10 nitrogen and oxygen atoms in total. The number of para-hydroxylation sites is 2. The molecule has 9 rings (SSSR count). The third kappa shape index (κ3) is 6.39. The molecule has 56 heavy (non-hydrogen) atoms. The molecule has 0 spiro atoms. The Morgan fingerprint density at radius 2 is 1.48 bits per heavy atom. The lowest BCUT2D eigenvalue weighted by molar-refractivity contribution is 0.0977. The molecule has 284 valence electrons. The van der Waals surface area contributed by atoms with Gasteiger partial charge in [0.05, 0.1) is 47.6 Å². The number of aryl methyl sites for hydroxylation is 1. The van der Waals surface area contributed by atoms with Crippen molar-refractivity contribution in [1.29, 1.82) is 0 Å². The van der Waals surface area contributed by atoms with Crippen LogP contribution in [0.3, 0.4) is 0 Å². The van der Waals surface area contributed by atoms with Gasteiger partial charge in [-0.2, -0.15) is 0 Å². The van der Waals surface area contributed by atoms with Crippen LogP contribution in [0.25, 0.3) is 0 Å². The molecular formula is C45H43N5O5S. The number of thioether (sulfide) groups is 1. The molecule has 4 aliphatic rings. The highest BCUT2D eigenvalue weighted by Gasteiger charge is 2.38. The lowest BCUT2D eigenvalue weighted by atomic mass is 10.1. The van der Waals surface area contributed by atoms with Gasteiger partial charge in [0.15, 0.2) is 11.5 Å². The van der Waals surface area contributed by atoms with E-state index in [9.17, 15) is 9.59 Å². The monoisotopic (exact) mass is 765 g/mol. The van der Waals surface area contributed by atoms with E-state index < -0.39 is 0 Å². The fourth-order valence-corrected chi connectivity index (χ4v) is 8.87. The number of methoxy groups -OCH3 is 1. The van der Waals surface area contributed by atoms with Gasteiger partial charge in [0, 0.05) is 55.4 Å². The lowest BCUT2D eigenvalue weighted by Crippen LogP contribution is -2.39. The zero-order chi connectivity index (χ0) is 38.5. The van der Waals surface area contributed by atoms with Crippen LogP contribution >= 0.6 is 11.8 Å². The number of nitrogens with one attached hydrogen (secondary N) is 1. The minimum Gasteiger partial charge on any atom is -0.493 e. The van der Waals surface area contributed by atoms with Gasteiger partial charge in [-0.3, -0.25) is 19.5 Å². The summed E-state index contributed by atoms with van der Waals surface area (Å²) in [6, 6.07) is 29.9. The topological polar surface area (TPSA) is 95.9 Å². The van der Waals surface area contributed by atoms with E-state index >= 15 is 0 Å². The summed E-state index contributed by atoms with van der Waals surface area (Å²) in [6.07, 6.45) is 5.50. The van der Waals surface area contributed by atoms with Crippen molar-refractivity contribution in [3.8, 4) is 17.2 Å². The normalized spacial score (nSPS) is 17.4. The Hall–Kier alpha value is -5.94. The van der Waals surface area contributed by atoms with Crippen molar-refractivity contribution in [3.63, 3.8) is 0 Å². The molecule has 11 heteroatoms. The average molecular weight is 766 g/mol. The zero-order valence-electron chi connectivity index (χ0n) is 31.9. The second-order valence-corrected chi connectivity index (χ2v) is 15.6. The van der Waals surface area contributed by atoms with Crippen LogP contribution in [0, 0.1) is 6.92 Å². The van der Waals surface area contributed by atoms with Crippen molar-refractivity contribution in [3.05, 3.63) is 130 Å². The molecule has 2 amide bonds. The molecule has 5 aromatic carbocycles. The Bertz CT molecular complexity index is 2420. The van der Waals surface area contributed by atoms with E-state index in [0.29, 0.717) is 41.5 Å². The molecule has 0 aliphatic carbocycles. The molecule has 0 fully saturated rings. The second kappa shape index (κ2) is 14.6. The largest absolute Gasteiger partial charge is 0.493 e. The first-order valence-electron chi connectivity index (χ1n) is 18.9. The maximum absolute atomic E-state index is 13.9. The van der Waals surface area contributed by atoms with Gasteiger partial charge in [0.2, 0.25) is 0 Å². The number of fused-ring (bicyclic) bond motifs is 8. The summed E-state index contributed by atoms with van der Waals surface area (Å²) >= 11 is 1.74. The van der Waals surface area contributed by atoms with Crippen molar-refractivity contribution >= 4 is 58.2 Å². The minimum atomic E-state index is -0.145. The Kier molecular flexibility index (Phi) is 9.33. The Labute approximate surface area is 331 Å². The van der Waals surface area contributed by atoms with Crippen LogP contribution in [0.5, 0.6) is 17.2 Å². The molecule has 5 aromatic rings. The van der Waals surface area contributed by atoms with E-state index in [4.69, 9.17) is 19.2 Å². The van der Waals surface area contributed by atoms with Gasteiger partial charge in [0.1, 0.15) is 19.0 Å². The summed E-state index contributed by atoms with van der Waals surface area (Å²) in [5.74, 6) is 2.41. The number of anilines is 4. The minimum absolute atomic E-state index is 0.0133. The third-order valence-electron chi connectivity index (χ3n) is 11.1. The molecule has 0 saturated heterocycles. The Balaban J connectivity index is 0.950. The number of nitrogens with zero attached hydrogens (tertiary/aromatic N) is 4. The smallest absolute Gasteiger partial charge is 0.261 e. The van der Waals surface area contributed by atoms with Gasteiger partial charge in [0.25, 0.3) is 11.8 Å². The van der Waals surface area contributed by atoms with Crippen molar-refractivity contribution in [2.75, 3.05) is 52.9 Å². The molecule has 2 atom stereocenters.